The number of nitrogens with one attached hydrogen (secondary N) is 2. The standard InChI is InChI=1S/C19H16FN3O/c1-13-5-7-15(8-6-13)22-17-9-10-21-18(12-17)19(24)23-16-4-2-3-14(20)11-16/h2-12H,1H3,(H,21,22)(H,23,24). The minimum atomic E-state index is -0.407. The number of hydrogen-bond acceptors (Lipinski definition) is 3. The Morgan fingerprint density at radius 1 is 0.958 bits per heavy atom. The third-order valence-corrected chi connectivity index (χ3v) is 3.42. The second kappa shape index (κ2) is 6.91. The van der Waals surface area contributed by atoms with Gasteiger partial charge in [-0.2, -0.15) is 0 Å². The van der Waals surface area contributed by atoms with Crippen LogP contribution in [0.25, 0.3) is 0 Å². The molecule has 0 aliphatic rings. The Bertz CT molecular complexity index is 862. The SMILES string of the molecule is Cc1ccc(Nc2ccnc(C(=O)Nc3cccc(F)c3)c2)cc1. The van der Waals surface area contributed by atoms with Crippen LogP contribution in [0.15, 0.2) is 66.9 Å². The predicted octanol–water partition coefficient (Wildman–Crippen LogP) is 4.53. The summed E-state index contributed by atoms with van der Waals surface area (Å²) >= 11 is 0. The summed E-state index contributed by atoms with van der Waals surface area (Å²) in [5.74, 6) is -0.802. The van der Waals surface area contributed by atoms with Gasteiger partial charge in [0, 0.05) is 23.3 Å². The normalized spacial score (nSPS) is 10.2. The van der Waals surface area contributed by atoms with Gasteiger partial charge in [0.1, 0.15) is 11.5 Å². The van der Waals surface area contributed by atoms with Crippen molar-refractivity contribution in [2.75, 3.05) is 10.6 Å². The van der Waals surface area contributed by atoms with Gasteiger partial charge in [0.2, 0.25) is 0 Å². The molecular weight excluding hydrogens is 305 g/mol. The van der Waals surface area contributed by atoms with E-state index in [1.807, 2.05) is 31.2 Å². The summed E-state index contributed by atoms with van der Waals surface area (Å²) in [6, 6.07) is 17.1. The molecule has 0 atom stereocenters. The highest BCUT2D eigenvalue weighted by Crippen LogP contribution is 2.18. The van der Waals surface area contributed by atoms with Gasteiger partial charge in [-0.3, -0.25) is 9.78 Å². The zero-order chi connectivity index (χ0) is 16.9. The van der Waals surface area contributed by atoms with Gasteiger partial charge in [0.25, 0.3) is 5.91 Å². The van der Waals surface area contributed by atoms with Crippen molar-refractivity contribution in [3.63, 3.8) is 0 Å². The molecule has 5 heteroatoms. The molecule has 0 spiro atoms. The zero-order valence-corrected chi connectivity index (χ0v) is 13.1. The molecule has 0 bridgehead atoms. The highest BCUT2D eigenvalue weighted by Gasteiger charge is 2.09. The molecule has 2 N–H and O–H groups in total. The number of halogens is 1. The summed E-state index contributed by atoms with van der Waals surface area (Å²) in [5, 5.41) is 5.85. The lowest BCUT2D eigenvalue weighted by Crippen LogP contribution is -2.13. The third-order valence-electron chi connectivity index (χ3n) is 3.42. The van der Waals surface area contributed by atoms with E-state index in [2.05, 4.69) is 15.6 Å². The highest BCUT2D eigenvalue weighted by atomic mass is 19.1. The Morgan fingerprint density at radius 2 is 1.75 bits per heavy atom. The molecule has 24 heavy (non-hydrogen) atoms. The summed E-state index contributed by atoms with van der Waals surface area (Å²) in [6.07, 6.45) is 1.55. The molecule has 0 saturated heterocycles. The highest BCUT2D eigenvalue weighted by molar-refractivity contribution is 6.03. The quantitative estimate of drug-likeness (QED) is 0.742. The fourth-order valence-electron chi connectivity index (χ4n) is 2.20. The molecular formula is C19H16FN3O. The van der Waals surface area contributed by atoms with Crippen LogP contribution >= 0.6 is 0 Å². The Hall–Kier alpha value is -3.21. The van der Waals surface area contributed by atoms with Crippen molar-refractivity contribution in [2.24, 2.45) is 0 Å². The Labute approximate surface area is 139 Å². The Kier molecular flexibility index (Phi) is 4.52. The molecule has 0 unspecified atom stereocenters. The molecule has 0 aliphatic carbocycles. The van der Waals surface area contributed by atoms with Crippen molar-refractivity contribution in [1.29, 1.82) is 0 Å². The maximum Gasteiger partial charge on any atom is 0.274 e. The van der Waals surface area contributed by atoms with Crippen LogP contribution in [-0.4, -0.2) is 10.9 Å². The third kappa shape index (κ3) is 3.95. The molecule has 120 valence electrons. The van der Waals surface area contributed by atoms with Crippen molar-refractivity contribution in [3.8, 4) is 0 Å². The van der Waals surface area contributed by atoms with Gasteiger partial charge >= 0.3 is 0 Å². The second-order valence-corrected chi connectivity index (χ2v) is 5.39. The van der Waals surface area contributed by atoms with E-state index in [4.69, 9.17) is 0 Å². The summed E-state index contributed by atoms with van der Waals surface area (Å²) in [4.78, 5) is 16.3. The fourth-order valence-corrected chi connectivity index (χ4v) is 2.20. The van der Waals surface area contributed by atoms with Crippen LogP contribution in [0.1, 0.15) is 16.1 Å². The summed E-state index contributed by atoms with van der Waals surface area (Å²) in [6.45, 7) is 2.02. The molecule has 1 aromatic heterocycles. The van der Waals surface area contributed by atoms with Crippen molar-refractivity contribution in [1.82, 2.24) is 4.98 Å². The lowest BCUT2D eigenvalue weighted by atomic mass is 10.2. The number of aromatic nitrogens is 1. The number of rotatable bonds is 4. The van der Waals surface area contributed by atoms with Crippen LogP contribution in [0.5, 0.6) is 0 Å². The number of amides is 1. The summed E-state index contributed by atoms with van der Waals surface area (Å²) in [5.41, 5.74) is 3.47. The number of pyridine rings is 1. The van der Waals surface area contributed by atoms with E-state index in [0.29, 0.717) is 5.69 Å². The molecule has 0 saturated carbocycles. The second-order valence-electron chi connectivity index (χ2n) is 5.39. The number of aryl methyl sites for hydroxylation is 1. The molecule has 2 aromatic carbocycles. The summed E-state index contributed by atoms with van der Waals surface area (Å²) in [7, 11) is 0. The van der Waals surface area contributed by atoms with Crippen LogP contribution in [0, 0.1) is 12.7 Å². The lowest BCUT2D eigenvalue weighted by Gasteiger charge is -2.09. The number of anilines is 3. The van der Waals surface area contributed by atoms with Crippen molar-refractivity contribution < 1.29 is 9.18 Å². The Morgan fingerprint density at radius 3 is 2.50 bits per heavy atom. The molecule has 0 fully saturated rings. The largest absolute Gasteiger partial charge is 0.355 e. The monoisotopic (exact) mass is 321 g/mol. The number of benzene rings is 2. The van der Waals surface area contributed by atoms with E-state index >= 15 is 0 Å². The van der Waals surface area contributed by atoms with Crippen LogP contribution in [0.3, 0.4) is 0 Å². The van der Waals surface area contributed by atoms with Gasteiger partial charge in [0.15, 0.2) is 0 Å². The van der Waals surface area contributed by atoms with Crippen LogP contribution < -0.4 is 10.6 Å². The van der Waals surface area contributed by atoms with E-state index in [1.54, 1.807) is 24.4 Å². The van der Waals surface area contributed by atoms with Gasteiger partial charge in [0.05, 0.1) is 0 Å². The first-order chi connectivity index (χ1) is 11.6. The van der Waals surface area contributed by atoms with E-state index in [1.165, 1.54) is 23.8 Å². The van der Waals surface area contributed by atoms with Crippen molar-refractivity contribution in [3.05, 3.63) is 83.9 Å². The smallest absolute Gasteiger partial charge is 0.274 e. The number of nitrogens with zero attached hydrogens (tertiary/aromatic N) is 1. The number of carbonyl (C=O) groups is 1. The van der Waals surface area contributed by atoms with Crippen LogP contribution in [-0.2, 0) is 0 Å². The van der Waals surface area contributed by atoms with Crippen molar-refractivity contribution in [2.45, 2.75) is 6.92 Å². The molecule has 3 rings (SSSR count). The van der Waals surface area contributed by atoms with E-state index < -0.39 is 11.7 Å². The molecule has 4 nitrogen and oxygen atoms in total. The zero-order valence-electron chi connectivity index (χ0n) is 13.1. The van der Waals surface area contributed by atoms with Gasteiger partial charge < -0.3 is 10.6 Å². The maximum atomic E-state index is 13.2. The minimum Gasteiger partial charge on any atom is -0.355 e. The van der Waals surface area contributed by atoms with E-state index in [-0.39, 0.29) is 5.69 Å². The first kappa shape index (κ1) is 15.7. The average molecular weight is 321 g/mol. The Balaban J connectivity index is 1.74. The number of carbonyl (C=O) groups excluding carboxylic acids is 1. The van der Waals surface area contributed by atoms with E-state index in [9.17, 15) is 9.18 Å². The number of hydrogen-bond donors (Lipinski definition) is 2. The van der Waals surface area contributed by atoms with Gasteiger partial charge in [-0.1, -0.05) is 23.8 Å². The first-order valence-corrected chi connectivity index (χ1v) is 7.47. The summed E-state index contributed by atoms with van der Waals surface area (Å²) < 4.78 is 13.2. The maximum absolute atomic E-state index is 13.2. The molecule has 1 amide bonds. The lowest BCUT2D eigenvalue weighted by molar-refractivity contribution is 0.102. The van der Waals surface area contributed by atoms with Crippen LogP contribution in [0.4, 0.5) is 21.5 Å². The fraction of sp³-hybridized carbons (Fsp3) is 0.0526. The van der Waals surface area contributed by atoms with Gasteiger partial charge in [-0.15, -0.1) is 0 Å². The van der Waals surface area contributed by atoms with Crippen LogP contribution in [0.2, 0.25) is 0 Å². The first-order valence-electron chi connectivity index (χ1n) is 7.47. The van der Waals surface area contributed by atoms with Crippen molar-refractivity contribution >= 4 is 23.0 Å². The molecule has 3 aromatic rings. The average Bonchev–Trinajstić information content (AvgIpc) is 2.57. The topological polar surface area (TPSA) is 54.0 Å². The van der Waals surface area contributed by atoms with E-state index in [0.717, 1.165) is 11.4 Å². The van der Waals surface area contributed by atoms with Gasteiger partial charge in [-0.05, 0) is 49.4 Å². The molecule has 1 heterocycles. The molecule has 0 radical (unpaired) electrons. The molecule has 0 aliphatic heterocycles. The van der Waals surface area contributed by atoms with Gasteiger partial charge in [-0.25, -0.2) is 4.39 Å². The predicted molar refractivity (Wildman–Crippen MR) is 93.1 cm³/mol. The minimum absolute atomic E-state index is 0.247.